The number of hydroxylamine groups is 1. The van der Waals surface area contributed by atoms with Crippen LogP contribution in [0.3, 0.4) is 0 Å². The highest BCUT2D eigenvalue weighted by Crippen LogP contribution is 2.20. The molecule has 0 amide bonds. The topological polar surface area (TPSA) is 47.3 Å². The minimum atomic E-state index is 0.445. The Morgan fingerprint density at radius 1 is 1.36 bits per heavy atom. The fourth-order valence-corrected chi connectivity index (χ4v) is 1.87. The van der Waals surface area contributed by atoms with E-state index < -0.39 is 0 Å². The molecule has 1 fully saturated rings. The molecule has 1 unspecified atom stereocenters. The number of hydrogen-bond acceptors (Lipinski definition) is 3. The smallest absolute Gasteiger partial charge is 0.0790 e. The van der Waals surface area contributed by atoms with Gasteiger partial charge in [-0.05, 0) is 31.2 Å². The van der Waals surface area contributed by atoms with Gasteiger partial charge in [0, 0.05) is 6.54 Å². The predicted molar refractivity (Wildman–Crippen MR) is 58.7 cm³/mol. The minimum absolute atomic E-state index is 0.445. The van der Waals surface area contributed by atoms with Crippen LogP contribution in [0.15, 0.2) is 0 Å². The molecule has 1 aliphatic rings. The zero-order chi connectivity index (χ0) is 10.4. The average molecular weight is 200 g/mol. The molecule has 1 aliphatic carbocycles. The van der Waals surface area contributed by atoms with Crippen LogP contribution in [-0.4, -0.2) is 19.2 Å². The maximum absolute atomic E-state index is 5.67. The summed E-state index contributed by atoms with van der Waals surface area (Å²) < 4.78 is 0. The molecule has 0 bridgehead atoms. The van der Waals surface area contributed by atoms with Crippen molar-refractivity contribution in [3.05, 3.63) is 0 Å². The van der Waals surface area contributed by atoms with Gasteiger partial charge in [-0.2, -0.15) is 0 Å². The maximum atomic E-state index is 5.67. The summed E-state index contributed by atoms with van der Waals surface area (Å²) in [6.45, 7) is 6.02. The second kappa shape index (κ2) is 6.38. The Bertz CT molecular complexity index is 144. The highest BCUT2D eigenvalue weighted by Gasteiger charge is 2.16. The van der Waals surface area contributed by atoms with Crippen LogP contribution in [0, 0.1) is 11.8 Å². The first-order valence-corrected chi connectivity index (χ1v) is 5.82. The molecule has 14 heavy (non-hydrogen) atoms. The molecule has 0 spiro atoms. The van der Waals surface area contributed by atoms with Crippen molar-refractivity contribution in [1.29, 1.82) is 0 Å². The van der Waals surface area contributed by atoms with E-state index in [1.807, 2.05) is 0 Å². The lowest BCUT2D eigenvalue weighted by molar-refractivity contribution is -0.0287. The van der Waals surface area contributed by atoms with Gasteiger partial charge >= 0.3 is 0 Å². The van der Waals surface area contributed by atoms with Crippen molar-refractivity contribution < 1.29 is 4.84 Å². The Hall–Kier alpha value is -0.120. The first-order chi connectivity index (χ1) is 6.74. The van der Waals surface area contributed by atoms with Crippen molar-refractivity contribution in [1.82, 2.24) is 5.48 Å². The van der Waals surface area contributed by atoms with Crippen LogP contribution in [0.1, 0.15) is 39.5 Å². The van der Waals surface area contributed by atoms with Gasteiger partial charge in [0.1, 0.15) is 0 Å². The zero-order valence-corrected chi connectivity index (χ0v) is 9.46. The molecule has 84 valence electrons. The van der Waals surface area contributed by atoms with Crippen LogP contribution in [-0.2, 0) is 4.84 Å². The van der Waals surface area contributed by atoms with Gasteiger partial charge < -0.3 is 5.73 Å². The molecule has 0 aromatic heterocycles. The molecule has 0 radical (unpaired) electrons. The van der Waals surface area contributed by atoms with Crippen molar-refractivity contribution in [3.63, 3.8) is 0 Å². The van der Waals surface area contributed by atoms with Gasteiger partial charge in [-0.3, -0.25) is 4.84 Å². The molecule has 3 heteroatoms. The molecule has 0 saturated heterocycles. The lowest BCUT2D eigenvalue weighted by Gasteiger charge is -2.20. The van der Waals surface area contributed by atoms with Gasteiger partial charge in [0.15, 0.2) is 0 Å². The Kier molecular flexibility index (Phi) is 5.45. The van der Waals surface area contributed by atoms with E-state index >= 15 is 0 Å². The highest BCUT2D eigenvalue weighted by molar-refractivity contribution is 4.67. The van der Waals surface area contributed by atoms with E-state index in [4.69, 9.17) is 10.6 Å². The van der Waals surface area contributed by atoms with Crippen molar-refractivity contribution in [2.45, 2.75) is 45.6 Å². The van der Waals surface area contributed by atoms with Crippen molar-refractivity contribution in [2.75, 3.05) is 13.1 Å². The molecule has 0 aliphatic heterocycles. The first-order valence-electron chi connectivity index (χ1n) is 5.82. The Labute approximate surface area is 87.3 Å². The van der Waals surface area contributed by atoms with E-state index in [0.717, 1.165) is 13.1 Å². The molecule has 1 atom stereocenters. The standard InChI is InChI=1S/C11H24N2O/c1-9(2)10(7-12)8-13-14-11-5-3-4-6-11/h9-11,13H,3-8,12H2,1-2H3. The molecule has 0 heterocycles. The zero-order valence-electron chi connectivity index (χ0n) is 9.46. The van der Waals surface area contributed by atoms with E-state index in [2.05, 4.69) is 19.3 Å². The van der Waals surface area contributed by atoms with Crippen LogP contribution < -0.4 is 11.2 Å². The lowest BCUT2D eigenvalue weighted by atomic mass is 9.96. The largest absolute Gasteiger partial charge is 0.330 e. The SMILES string of the molecule is CC(C)C(CN)CNOC1CCCC1. The Balaban J connectivity index is 2.06. The second-order valence-corrected chi connectivity index (χ2v) is 4.61. The number of rotatable bonds is 6. The molecule has 0 aromatic rings. The average Bonchev–Trinajstić information content (AvgIpc) is 2.64. The molecule has 3 nitrogen and oxygen atoms in total. The van der Waals surface area contributed by atoms with Gasteiger partial charge in [0.25, 0.3) is 0 Å². The van der Waals surface area contributed by atoms with E-state index in [0.29, 0.717) is 17.9 Å². The first kappa shape index (κ1) is 12.0. The summed E-state index contributed by atoms with van der Waals surface area (Å²) in [5, 5.41) is 0. The second-order valence-electron chi connectivity index (χ2n) is 4.61. The van der Waals surface area contributed by atoms with E-state index in [1.54, 1.807) is 0 Å². The predicted octanol–water partition coefficient (Wildman–Crippen LogP) is 1.68. The van der Waals surface area contributed by atoms with Crippen molar-refractivity contribution >= 4 is 0 Å². The van der Waals surface area contributed by atoms with Gasteiger partial charge in [-0.1, -0.05) is 26.7 Å². The summed E-state index contributed by atoms with van der Waals surface area (Å²) >= 11 is 0. The molecule has 1 rings (SSSR count). The summed E-state index contributed by atoms with van der Waals surface area (Å²) in [4.78, 5) is 5.58. The van der Waals surface area contributed by atoms with Gasteiger partial charge in [-0.25, -0.2) is 5.48 Å². The molecule has 1 saturated carbocycles. The Morgan fingerprint density at radius 2 is 2.00 bits per heavy atom. The number of hydrogen-bond donors (Lipinski definition) is 2. The summed E-state index contributed by atoms with van der Waals surface area (Å²) in [5.41, 5.74) is 8.75. The van der Waals surface area contributed by atoms with Crippen LogP contribution >= 0.6 is 0 Å². The van der Waals surface area contributed by atoms with E-state index in [-0.39, 0.29) is 0 Å². The van der Waals surface area contributed by atoms with Crippen LogP contribution in [0.25, 0.3) is 0 Å². The van der Waals surface area contributed by atoms with Crippen LogP contribution in [0.4, 0.5) is 0 Å². The fourth-order valence-electron chi connectivity index (χ4n) is 1.87. The lowest BCUT2D eigenvalue weighted by Crippen LogP contribution is -2.33. The third-order valence-corrected chi connectivity index (χ3v) is 3.14. The highest BCUT2D eigenvalue weighted by atomic mass is 16.7. The molecular weight excluding hydrogens is 176 g/mol. The van der Waals surface area contributed by atoms with E-state index in [9.17, 15) is 0 Å². The molecular formula is C11H24N2O. The van der Waals surface area contributed by atoms with Crippen LogP contribution in [0.2, 0.25) is 0 Å². The molecule has 3 N–H and O–H groups in total. The van der Waals surface area contributed by atoms with Crippen LogP contribution in [0.5, 0.6) is 0 Å². The van der Waals surface area contributed by atoms with Crippen molar-refractivity contribution in [2.24, 2.45) is 17.6 Å². The monoisotopic (exact) mass is 200 g/mol. The third-order valence-electron chi connectivity index (χ3n) is 3.14. The molecule has 0 aromatic carbocycles. The summed E-state index contributed by atoms with van der Waals surface area (Å²) in [7, 11) is 0. The number of nitrogens with two attached hydrogens (primary N) is 1. The third kappa shape index (κ3) is 3.95. The van der Waals surface area contributed by atoms with Crippen molar-refractivity contribution in [3.8, 4) is 0 Å². The minimum Gasteiger partial charge on any atom is -0.330 e. The summed E-state index contributed by atoms with van der Waals surface area (Å²) in [6.07, 6.45) is 5.50. The summed E-state index contributed by atoms with van der Waals surface area (Å²) in [6, 6.07) is 0. The van der Waals surface area contributed by atoms with E-state index in [1.165, 1.54) is 25.7 Å². The number of nitrogens with one attached hydrogen (secondary N) is 1. The Morgan fingerprint density at radius 3 is 2.50 bits per heavy atom. The van der Waals surface area contributed by atoms with Gasteiger partial charge in [0.2, 0.25) is 0 Å². The summed E-state index contributed by atoms with van der Waals surface area (Å²) in [5.74, 6) is 1.15. The maximum Gasteiger partial charge on any atom is 0.0790 e. The normalized spacial score (nSPS) is 20.6. The van der Waals surface area contributed by atoms with Gasteiger partial charge in [-0.15, -0.1) is 0 Å². The quantitative estimate of drug-likeness (QED) is 0.641. The van der Waals surface area contributed by atoms with Gasteiger partial charge in [0.05, 0.1) is 6.10 Å². The fraction of sp³-hybridized carbons (Fsp3) is 1.00.